The summed E-state index contributed by atoms with van der Waals surface area (Å²) in [5, 5.41) is 0. The molecule has 0 amide bonds. The molecule has 2 nitrogen and oxygen atoms in total. The van der Waals surface area contributed by atoms with Crippen LogP contribution in [0, 0.1) is 0 Å². The van der Waals surface area contributed by atoms with Gasteiger partial charge < -0.3 is 4.90 Å². The van der Waals surface area contributed by atoms with E-state index in [1.165, 1.54) is 5.56 Å². The molecule has 2 rings (SSSR count). The van der Waals surface area contributed by atoms with E-state index >= 15 is 0 Å². The molecule has 14 heavy (non-hydrogen) atoms. The van der Waals surface area contributed by atoms with Crippen LogP contribution in [0.1, 0.15) is 5.56 Å². The van der Waals surface area contributed by atoms with E-state index in [1.54, 1.807) is 0 Å². The molecule has 0 saturated heterocycles. The van der Waals surface area contributed by atoms with Crippen molar-refractivity contribution >= 4 is 6.21 Å². The number of hydrogen-bond donors (Lipinski definition) is 0. The van der Waals surface area contributed by atoms with Gasteiger partial charge in [0.1, 0.15) is 0 Å². The van der Waals surface area contributed by atoms with Crippen molar-refractivity contribution in [1.29, 1.82) is 0 Å². The summed E-state index contributed by atoms with van der Waals surface area (Å²) in [6.07, 6.45) is 6.92. The molecule has 72 valence electrons. The fraction of sp³-hybridized carbons (Fsp3) is 0.250. The lowest BCUT2D eigenvalue weighted by molar-refractivity contribution is 0.429. The summed E-state index contributed by atoms with van der Waals surface area (Å²) < 4.78 is 0. The molecular weight excluding hydrogens is 172 g/mol. The predicted octanol–water partition coefficient (Wildman–Crippen LogP) is 2.09. The van der Waals surface area contributed by atoms with E-state index in [4.69, 9.17) is 0 Å². The second-order valence-electron chi connectivity index (χ2n) is 3.36. The van der Waals surface area contributed by atoms with Crippen LogP contribution in [0.4, 0.5) is 0 Å². The molecule has 1 aliphatic rings. The first-order chi connectivity index (χ1) is 6.95. The van der Waals surface area contributed by atoms with Crippen LogP contribution in [-0.2, 0) is 6.42 Å². The van der Waals surface area contributed by atoms with Crippen molar-refractivity contribution in [3.8, 4) is 0 Å². The lowest BCUT2D eigenvalue weighted by Crippen LogP contribution is -2.23. The Morgan fingerprint density at radius 3 is 2.79 bits per heavy atom. The van der Waals surface area contributed by atoms with E-state index < -0.39 is 0 Å². The van der Waals surface area contributed by atoms with Gasteiger partial charge in [0.25, 0.3) is 0 Å². The fourth-order valence-corrected chi connectivity index (χ4v) is 1.49. The van der Waals surface area contributed by atoms with Crippen LogP contribution in [0.25, 0.3) is 0 Å². The zero-order chi connectivity index (χ0) is 9.64. The highest BCUT2D eigenvalue weighted by atomic mass is 15.1. The molecule has 0 atom stereocenters. The predicted molar refractivity (Wildman–Crippen MR) is 59.4 cm³/mol. The van der Waals surface area contributed by atoms with E-state index in [1.807, 2.05) is 18.6 Å². The van der Waals surface area contributed by atoms with E-state index in [0.717, 1.165) is 19.5 Å². The van der Waals surface area contributed by atoms with Crippen LogP contribution in [0.2, 0.25) is 0 Å². The van der Waals surface area contributed by atoms with Gasteiger partial charge in [0.2, 0.25) is 0 Å². The van der Waals surface area contributed by atoms with Crippen LogP contribution < -0.4 is 0 Å². The van der Waals surface area contributed by atoms with Crippen molar-refractivity contribution in [2.24, 2.45) is 4.99 Å². The molecule has 0 aliphatic carbocycles. The Hall–Kier alpha value is -1.57. The van der Waals surface area contributed by atoms with Gasteiger partial charge in [-0.1, -0.05) is 30.3 Å². The molecule has 0 saturated carbocycles. The Balaban J connectivity index is 1.83. The summed E-state index contributed by atoms with van der Waals surface area (Å²) in [7, 11) is 0. The topological polar surface area (TPSA) is 15.6 Å². The molecule has 0 unspecified atom stereocenters. The first-order valence-electron chi connectivity index (χ1n) is 4.91. The summed E-state index contributed by atoms with van der Waals surface area (Å²) >= 11 is 0. The van der Waals surface area contributed by atoms with Gasteiger partial charge in [-0.3, -0.25) is 4.99 Å². The van der Waals surface area contributed by atoms with Gasteiger partial charge in [-0.25, -0.2) is 0 Å². The molecule has 0 fully saturated rings. The number of rotatable bonds is 3. The highest BCUT2D eigenvalue weighted by Gasteiger charge is 2.00. The van der Waals surface area contributed by atoms with E-state index in [-0.39, 0.29) is 0 Å². The minimum absolute atomic E-state index is 0.934. The highest BCUT2D eigenvalue weighted by molar-refractivity contribution is 5.61. The SMILES string of the molecule is C1=CN(CCc2ccccc2)CC=N1. The molecule has 1 aromatic carbocycles. The first-order valence-corrected chi connectivity index (χ1v) is 4.91. The zero-order valence-electron chi connectivity index (χ0n) is 8.13. The zero-order valence-corrected chi connectivity index (χ0v) is 8.13. The molecule has 0 radical (unpaired) electrons. The van der Waals surface area contributed by atoms with Crippen LogP contribution in [0.15, 0.2) is 47.7 Å². The normalized spacial score (nSPS) is 14.7. The maximum atomic E-state index is 4.04. The number of aliphatic imine (C=N–C) groups is 1. The molecule has 0 N–H and O–H groups in total. The summed E-state index contributed by atoms with van der Waals surface area (Å²) in [4.78, 5) is 6.30. The summed E-state index contributed by atoms with van der Waals surface area (Å²) in [5.41, 5.74) is 1.39. The van der Waals surface area contributed by atoms with Gasteiger partial charge in [0.05, 0.1) is 6.54 Å². The Bertz CT molecular complexity index is 327. The second kappa shape index (κ2) is 4.61. The van der Waals surface area contributed by atoms with Gasteiger partial charge in [-0.2, -0.15) is 0 Å². The summed E-state index contributed by atoms with van der Waals surface area (Å²) in [5.74, 6) is 0. The number of hydrogen-bond acceptors (Lipinski definition) is 2. The maximum Gasteiger partial charge on any atom is 0.0527 e. The van der Waals surface area contributed by atoms with Crippen LogP contribution in [0.3, 0.4) is 0 Å². The third kappa shape index (κ3) is 2.46. The molecule has 1 aliphatic heterocycles. The maximum absolute atomic E-state index is 4.04. The van der Waals surface area contributed by atoms with E-state index in [0.29, 0.717) is 0 Å². The van der Waals surface area contributed by atoms with Crippen molar-refractivity contribution in [3.05, 3.63) is 48.3 Å². The van der Waals surface area contributed by atoms with Crippen molar-refractivity contribution in [1.82, 2.24) is 4.90 Å². The van der Waals surface area contributed by atoms with Crippen LogP contribution in [-0.4, -0.2) is 24.2 Å². The van der Waals surface area contributed by atoms with Gasteiger partial charge >= 0.3 is 0 Å². The highest BCUT2D eigenvalue weighted by Crippen LogP contribution is 2.02. The monoisotopic (exact) mass is 186 g/mol. The third-order valence-electron chi connectivity index (χ3n) is 2.32. The minimum Gasteiger partial charge on any atom is -0.371 e. The van der Waals surface area contributed by atoms with Gasteiger partial charge in [0, 0.05) is 25.2 Å². The summed E-state index contributed by atoms with van der Waals surface area (Å²) in [6.45, 7) is 2.00. The van der Waals surface area contributed by atoms with Crippen molar-refractivity contribution < 1.29 is 0 Å². The molecule has 1 heterocycles. The quantitative estimate of drug-likeness (QED) is 0.705. The molecule has 0 bridgehead atoms. The van der Waals surface area contributed by atoms with Gasteiger partial charge in [-0.05, 0) is 12.0 Å². The lowest BCUT2D eigenvalue weighted by Gasteiger charge is -2.19. The lowest BCUT2D eigenvalue weighted by atomic mass is 10.1. The van der Waals surface area contributed by atoms with Crippen LogP contribution in [0.5, 0.6) is 0 Å². The third-order valence-corrected chi connectivity index (χ3v) is 2.32. The average Bonchev–Trinajstić information content (AvgIpc) is 2.29. The molecule has 0 spiro atoms. The molecule has 2 heteroatoms. The Morgan fingerprint density at radius 2 is 2.07 bits per heavy atom. The number of benzene rings is 1. The molecule has 0 aromatic heterocycles. The Labute approximate surface area is 84.6 Å². The Morgan fingerprint density at radius 1 is 1.21 bits per heavy atom. The molecule has 1 aromatic rings. The average molecular weight is 186 g/mol. The minimum atomic E-state index is 0.934. The Kier molecular flexibility index (Phi) is 2.96. The smallest absolute Gasteiger partial charge is 0.0527 e. The van der Waals surface area contributed by atoms with Gasteiger partial charge in [0.15, 0.2) is 0 Å². The van der Waals surface area contributed by atoms with Crippen molar-refractivity contribution in [3.63, 3.8) is 0 Å². The van der Waals surface area contributed by atoms with Crippen molar-refractivity contribution in [2.75, 3.05) is 13.1 Å². The van der Waals surface area contributed by atoms with Crippen molar-refractivity contribution in [2.45, 2.75) is 6.42 Å². The standard InChI is InChI=1S/C12H14N2/c1-2-4-12(5-3-1)6-9-14-10-7-13-8-11-14/h1-5,7-8,10H,6,9,11H2. The van der Waals surface area contributed by atoms with Gasteiger partial charge in [-0.15, -0.1) is 0 Å². The summed E-state index contributed by atoms with van der Waals surface area (Å²) in [6, 6.07) is 10.6. The largest absolute Gasteiger partial charge is 0.371 e. The van der Waals surface area contributed by atoms with E-state index in [2.05, 4.69) is 40.2 Å². The van der Waals surface area contributed by atoms with Crippen LogP contribution >= 0.6 is 0 Å². The first kappa shape index (κ1) is 9.00. The fourth-order valence-electron chi connectivity index (χ4n) is 1.49. The molecular formula is C12H14N2. The second-order valence-corrected chi connectivity index (χ2v) is 3.36. The number of nitrogens with zero attached hydrogens (tertiary/aromatic N) is 2. The van der Waals surface area contributed by atoms with E-state index in [9.17, 15) is 0 Å².